The Morgan fingerprint density at radius 1 is 1.05 bits per heavy atom. The fraction of sp³-hybridized carbons (Fsp3) is 0.500. The lowest BCUT2D eigenvalue weighted by Crippen LogP contribution is -2.50. The van der Waals surface area contributed by atoms with Gasteiger partial charge in [0.05, 0.1) is 19.3 Å². The Morgan fingerprint density at radius 2 is 1.68 bits per heavy atom. The molecule has 1 aromatic rings. The molecule has 0 saturated carbocycles. The first-order valence-corrected chi connectivity index (χ1v) is 7.61. The zero-order valence-corrected chi connectivity index (χ0v) is 12.4. The third-order valence-corrected chi connectivity index (χ3v) is 4.19. The zero-order chi connectivity index (χ0) is 15.5. The second-order valence-electron chi connectivity index (χ2n) is 5.61. The molecule has 2 amide bonds. The number of ether oxygens (including phenoxy) is 2. The van der Waals surface area contributed by atoms with Gasteiger partial charge in [0.25, 0.3) is 5.91 Å². The average molecular weight is 304 g/mol. The van der Waals surface area contributed by atoms with Gasteiger partial charge in [-0.05, 0) is 43.5 Å². The van der Waals surface area contributed by atoms with Gasteiger partial charge in [-0.3, -0.25) is 9.59 Å². The van der Waals surface area contributed by atoms with Gasteiger partial charge in [-0.15, -0.1) is 0 Å². The Bertz CT molecular complexity index is 552. The molecule has 2 aliphatic rings. The van der Waals surface area contributed by atoms with Crippen LogP contribution in [0.5, 0.6) is 0 Å². The molecular weight excluding hydrogens is 284 g/mol. The summed E-state index contributed by atoms with van der Waals surface area (Å²) in [6.07, 6.45) is 2.61. The predicted octanol–water partition coefficient (Wildman–Crippen LogP) is 1.15. The molecule has 0 aliphatic carbocycles. The molecule has 3 rings (SSSR count). The number of nitrogens with zero attached hydrogens (tertiary/aromatic N) is 1. The molecule has 1 aromatic carbocycles. The van der Waals surface area contributed by atoms with E-state index in [0.29, 0.717) is 30.9 Å². The summed E-state index contributed by atoms with van der Waals surface area (Å²) < 4.78 is 11.2. The van der Waals surface area contributed by atoms with Crippen molar-refractivity contribution < 1.29 is 19.1 Å². The van der Waals surface area contributed by atoms with Crippen LogP contribution >= 0.6 is 0 Å². The highest BCUT2D eigenvalue weighted by Gasteiger charge is 2.36. The van der Waals surface area contributed by atoms with Crippen LogP contribution in [0.3, 0.4) is 0 Å². The molecule has 2 N–H and O–H groups in total. The molecular formula is C16H20N2O4. The van der Waals surface area contributed by atoms with E-state index in [1.54, 1.807) is 24.3 Å². The summed E-state index contributed by atoms with van der Waals surface area (Å²) in [5, 5.41) is 0. The summed E-state index contributed by atoms with van der Waals surface area (Å²) in [7, 11) is 0. The number of rotatable bonds is 3. The maximum atomic E-state index is 12.7. The zero-order valence-electron chi connectivity index (χ0n) is 12.4. The van der Waals surface area contributed by atoms with Crippen LogP contribution in [0.15, 0.2) is 24.3 Å². The van der Waals surface area contributed by atoms with E-state index < -0.39 is 5.91 Å². The number of benzene rings is 1. The first-order chi connectivity index (χ1) is 10.7. The number of hydrogen-bond donors (Lipinski definition) is 1. The van der Waals surface area contributed by atoms with E-state index >= 15 is 0 Å². The molecule has 0 aromatic heterocycles. The number of hydrogen-bond acceptors (Lipinski definition) is 4. The molecule has 2 fully saturated rings. The highest BCUT2D eigenvalue weighted by molar-refractivity contribution is 5.97. The van der Waals surface area contributed by atoms with Crippen LogP contribution in [-0.2, 0) is 9.47 Å². The van der Waals surface area contributed by atoms with Crippen LogP contribution in [-0.4, -0.2) is 48.8 Å². The molecule has 2 heterocycles. The summed E-state index contributed by atoms with van der Waals surface area (Å²) in [4.78, 5) is 25.7. The number of nitrogens with two attached hydrogens (primary N) is 1. The van der Waals surface area contributed by atoms with Gasteiger partial charge in [-0.1, -0.05) is 0 Å². The van der Waals surface area contributed by atoms with Gasteiger partial charge >= 0.3 is 0 Å². The van der Waals surface area contributed by atoms with E-state index in [4.69, 9.17) is 15.2 Å². The van der Waals surface area contributed by atoms with Crippen molar-refractivity contribution in [3.05, 3.63) is 35.4 Å². The number of likely N-dealkylation sites (tertiary alicyclic amines) is 1. The van der Waals surface area contributed by atoms with E-state index in [1.807, 2.05) is 4.90 Å². The predicted molar refractivity (Wildman–Crippen MR) is 79.3 cm³/mol. The monoisotopic (exact) mass is 304 g/mol. The molecule has 6 nitrogen and oxygen atoms in total. The van der Waals surface area contributed by atoms with E-state index in [1.165, 1.54) is 0 Å². The Balaban J connectivity index is 1.77. The lowest BCUT2D eigenvalue weighted by atomic mass is 10.00. The van der Waals surface area contributed by atoms with Gasteiger partial charge in [0.2, 0.25) is 5.91 Å². The van der Waals surface area contributed by atoms with E-state index in [-0.39, 0.29) is 18.2 Å². The average Bonchev–Trinajstić information content (AvgIpc) is 3.08. The molecule has 2 aliphatic heterocycles. The standard InChI is InChI=1S/C16H20N2O4/c17-14(19)11-4-6-12(7-5-11)15(20)18-8-2-1-3-13(18)16-21-9-10-22-16/h4-7,13,16H,1-3,8-10H2,(H2,17,19). The molecule has 0 bridgehead atoms. The van der Waals surface area contributed by atoms with Gasteiger partial charge in [0, 0.05) is 17.7 Å². The van der Waals surface area contributed by atoms with Crippen molar-refractivity contribution >= 4 is 11.8 Å². The summed E-state index contributed by atoms with van der Waals surface area (Å²) in [5.41, 5.74) is 6.17. The van der Waals surface area contributed by atoms with E-state index in [0.717, 1.165) is 19.3 Å². The Labute approximate surface area is 129 Å². The third-order valence-electron chi connectivity index (χ3n) is 4.19. The van der Waals surface area contributed by atoms with Crippen molar-refractivity contribution in [3.8, 4) is 0 Å². The third kappa shape index (κ3) is 2.98. The number of carbonyl (C=O) groups excluding carboxylic acids is 2. The second-order valence-corrected chi connectivity index (χ2v) is 5.61. The lowest BCUT2D eigenvalue weighted by Gasteiger charge is -2.38. The molecule has 0 radical (unpaired) electrons. The maximum absolute atomic E-state index is 12.7. The van der Waals surface area contributed by atoms with Gasteiger partial charge < -0.3 is 20.1 Å². The van der Waals surface area contributed by atoms with Crippen molar-refractivity contribution in [1.82, 2.24) is 4.90 Å². The Morgan fingerprint density at radius 3 is 2.32 bits per heavy atom. The quantitative estimate of drug-likeness (QED) is 0.908. The van der Waals surface area contributed by atoms with E-state index in [9.17, 15) is 9.59 Å². The van der Waals surface area contributed by atoms with Crippen molar-refractivity contribution in [1.29, 1.82) is 0 Å². The number of primary amides is 1. The van der Waals surface area contributed by atoms with Gasteiger partial charge in [-0.2, -0.15) is 0 Å². The summed E-state index contributed by atoms with van der Waals surface area (Å²) in [5.74, 6) is -0.553. The largest absolute Gasteiger partial charge is 0.366 e. The molecule has 1 atom stereocenters. The van der Waals surface area contributed by atoms with Gasteiger partial charge in [0.1, 0.15) is 0 Å². The smallest absolute Gasteiger partial charge is 0.254 e. The van der Waals surface area contributed by atoms with Gasteiger partial charge in [-0.25, -0.2) is 0 Å². The maximum Gasteiger partial charge on any atom is 0.254 e. The van der Waals surface area contributed by atoms with Crippen LogP contribution in [0, 0.1) is 0 Å². The van der Waals surface area contributed by atoms with Crippen LogP contribution in [0.2, 0.25) is 0 Å². The van der Waals surface area contributed by atoms with Crippen LogP contribution in [0.1, 0.15) is 40.0 Å². The first kappa shape index (κ1) is 15.0. The van der Waals surface area contributed by atoms with Crippen LogP contribution in [0.25, 0.3) is 0 Å². The SMILES string of the molecule is NC(=O)c1ccc(C(=O)N2CCCCC2C2OCCO2)cc1. The van der Waals surface area contributed by atoms with Crippen molar-refractivity contribution in [3.63, 3.8) is 0 Å². The van der Waals surface area contributed by atoms with Crippen LogP contribution in [0.4, 0.5) is 0 Å². The Hall–Kier alpha value is -1.92. The van der Waals surface area contributed by atoms with Crippen molar-refractivity contribution in [2.45, 2.75) is 31.6 Å². The summed E-state index contributed by atoms with van der Waals surface area (Å²) in [6, 6.07) is 6.41. The molecule has 0 spiro atoms. The normalized spacial score (nSPS) is 22.7. The fourth-order valence-corrected chi connectivity index (χ4v) is 3.03. The number of amides is 2. The number of carbonyl (C=O) groups is 2. The summed E-state index contributed by atoms with van der Waals surface area (Å²) >= 11 is 0. The Kier molecular flexibility index (Phi) is 4.40. The first-order valence-electron chi connectivity index (χ1n) is 7.61. The second kappa shape index (κ2) is 6.46. The summed E-state index contributed by atoms with van der Waals surface area (Å²) in [6.45, 7) is 1.86. The van der Waals surface area contributed by atoms with Crippen molar-refractivity contribution in [2.75, 3.05) is 19.8 Å². The highest BCUT2D eigenvalue weighted by Crippen LogP contribution is 2.26. The van der Waals surface area contributed by atoms with Crippen molar-refractivity contribution in [2.24, 2.45) is 5.73 Å². The number of piperidine rings is 1. The molecule has 22 heavy (non-hydrogen) atoms. The molecule has 6 heteroatoms. The fourth-order valence-electron chi connectivity index (χ4n) is 3.03. The molecule has 118 valence electrons. The molecule has 2 saturated heterocycles. The topological polar surface area (TPSA) is 81.9 Å². The highest BCUT2D eigenvalue weighted by atomic mass is 16.7. The molecule has 1 unspecified atom stereocenters. The lowest BCUT2D eigenvalue weighted by molar-refractivity contribution is -0.100. The minimum absolute atomic E-state index is 0.0421. The minimum atomic E-state index is -0.498. The van der Waals surface area contributed by atoms with E-state index in [2.05, 4.69) is 0 Å². The minimum Gasteiger partial charge on any atom is -0.366 e. The van der Waals surface area contributed by atoms with Gasteiger partial charge in [0.15, 0.2) is 6.29 Å². The van der Waals surface area contributed by atoms with Crippen LogP contribution < -0.4 is 5.73 Å².